The zero-order valence-electron chi connectivity index (χ0n) is 16.4. The number of H-pyrrole nitrogens is 1. The molecule has 1 aromatic heterocycles. The van der Waals surface area contributed by atoms with Gasteiger partial charge in [0.15, 0.2) is 11.5 Å². The predicted octanol–water partition coefficient (Wildman–Crippen LogP) is 6.99. The largest absolute Gasteiger partial charge is 0.486 e. The van der Waals surface area contributed by atoms with Crippen molar-refractivity contribution >= 4 is 35.4 Å². The summed E-state index contributed by atoms with van der Waals surface area (Å²) < 4.78 is 11.3. The Morgan fingerprint density at radius 3 is 2.39 bits per heavy atom. The molecule has 6 heteroatoms. The van der Waals surface area contributed by atoms with Crippen LogP contribution in [0.25, 0.3) is 34.5 Å². The van der Waals surface area contributed by atoms with E-state index in [2.05, 4.69) is 34.2 Å². The number of imidazole rings is 1. The van der Waals surface area contributed by atoms with Crippen LogP contribution in [0.2, 0.25) is 10.0 Å². The molecule has 0 fully saturated rings. The Kier molecular flexibility index (Phi) is 5.41. The molecule has 1 N–H and O–H groups in total. The standard InChI is InChI=1S/C25H18Cl2N2O2/c26-19-7-8-20(21(27)14-19)22-15-28-25(29-22)10-3-16-1-4-17(5-2-16)18-6-9-23-24(13-18)31-12-11-30-23/h1-10,13-15H,11-12H2,(H,28,29). The molecule has 0 atom stereocenters. The van der Waals surface area contributed by atoms with Gasteiger partial charge in [0.1, 0.15) is 19.0 Å². The van der Waals surface area contributed by atoms with Crippen molar-refractivity contribution in [2.45, 2.75) is 0 Å². The second kappa shape index (κ2) is 8.50. The van der Waals surface area contributed by atoms with Gasteiger partial charge in [-0.15, -0.1) is 0 Å². The van der Waals surface area contributed by atoms with Crippen molar-refractivity contribution in [3.05, 3.63) is 88.3 Å². The molecule has 5 rings (SSSR count). The Balaban J connectivity index is 1.31. The Morgan fingerprint density at radius 1 is 0.806 bits per heavy atom. The molecule has 31 heavy (non-hydrogen) atoms. The highest BCUT2D eigenvalue weighted by Gasteiger charge is 2.12. The van der Waals surface area contributed by atoms with Gasteiger partial charge in [-0.25, -0.2) is 4.98 Å². The van der Waals surface area contributed by atoms with Crippen LogP contribution in [0.3, 0.4) is 0 Å². The van der Waals surface area contributed by atoms with E-state index in [1.807, 2.05) is 42.5 Å². The average Bonchev–Trinajstić information content (AvgIpc) is 3.26. The lowest BCUT2D eigenvalue weighted by Crippen LogP contribution is -2.15. The maximum absolute atomic E-state index is 6.29. The average molecular weight is 449 g/mol. The van der Waals surface area contributed by atoms with Crippen LogP contribution in [-0.4, -0.2) is 23.2 Å². The molecule has 4 nitrogen and oxygen atoms in total. The number of halogens is 2. The van der Waals surface area contributed by atoms with Gasteiger partial charge in [-0.05, 0) is 53.1 Å². The van der Waals surface area contributed by atoms with E-state index in [4.69, 9.17) is 32.7 Å². The lowest BCUT2D eigenvalue weighted by atomic mass is 10.0. The third-order valence-electron chi connectivity index (χ3n) is 5.04. The first-order valence-corrected chi connectivity index (χ1v) is 10.6. The molecule has 0 radical (unpaired) electrons. The third-order valence-corrected chi connectivity index (χ3v) is 5.58. The van der Waals surface area contributed by atoms with E-state index in [1.54, 1.807) is 12.3 Å². The maximum Gasteiger partial charge on any atom is 0.161 e. The van der Waals surface area contributed by atoms with Gasteiger partial charge in [0.2, 0.25) is 0 Å². The Labute approximate surface area is 190 Å². The van der Waals surface area contributed by atoms with Gasteiger partial charge in [-0.3, -0.25) is 0 Å². The van der Waals surface area contributed by atoms with E-state index in [0.29, 0.717) is 23.3 Å². The smallest absolute Gasteiger partial charge is 0.161 e. The molecule has 1 aliphatic rings. The van der Waals surface area contributed by atoms with Crippen molar-refractivity contribution in [2.24, 2.45) is 0 Å². The van der Waals surface area contributed by atoms with Crippen LogP contribution in [-0.2, 0) is 0 Å². The molecule has 0 saturated heterocycles. The van der Waals surface area contributed by atoms with E-state index in [9.17, 15) is 0 Å². The molecule has 154 valence electrons. The highest BCUT2D eigenvalue weighted by atomic mass is 35.5. The molecule has 0 aliphatic carbocycles. The summed E-state index contributed by atoms with van der Waals surface area (Å²) >= 11 is 12.3. The topological polar surface area (TPSA) is 47.1 Å². The molecule has 4 aromatic rings. The van der Waals surface area contributed by atoms with Crippen molar-refractivity contribution in [3.63, 3.8) is 0 Å². The molecular weight excluding hydrogens is 431 g/mol. The van der Waals surface area contributed by atoms with E-state index in [0.717, 1.165) is 45.3 Å². The fraction of sp³-hybridized carbons (Fsp3) is 0.0800. The number of ether oxygens (including phenoxy) is 2. The molecule has 0 bridgehead atoms. The van der Waals surface area contributed by atoms with Crippen LogP contribution in [0.1, 0.15) is 11.4 Å². The van der Waals surface area contributed by atoms with Crippen molar-refractivity contribution in [3.8, 4) is 33.9 Å². The second-order valence-electron chi connectivity index (χ2n) is 7.12. The predicted molar refractivity (Wildman–Crippen MR) is 126 cm³/mol. The fourth-order valence-corrected chi connectivity index (χ4v) is 3.96. The Morgan fingerprint density at radius 2 is 1.58 bits per heavy atom. The number of hydrogen-bond acceptors (Lipinski definition) is 3. The summed E-state index contributed by atoms with van der Waals surface area (Å²) in [5.74, 6) is 2.34. The van der Waals surface area contributed by atoms with E-state index in [1.165, 1.54) is 0 Å². The number of aromatic nitrogens is 2. The minimum Gasteiger partial charge on any atom is -0.486 e. The van der Waals surface area contributed by atoms with Crippen LogP contribution < -0.4 is 9.47 Å². The first kappa shape index (κ1) is 19.7. The number of rotatable bonds is 4. The van der Waals surface area contributed by atoms with Crippen molar-refractivity contribution in [1.82, 2.24) is 9.97 Å². The number of hydrogen-bond donors (Lipinski definition) is 1. The minimum atomic E-state index is 0.582. The Hall–Kier alpha value is -3.21. The van der Waals surface area contributed by atoms with Gasteiger partial charge in [0.05, 0.1) is 16.9 Å². The lowest BCUT2D eigenvalue weighted by molar-refractivity contribution is 0.171. The van der Waals surface area contributed by atoms with Crippen LogP contribution in [0.4, 0.5) is 0 Å². The monoisotopic (exact) mass is 448 g/mol. The fourth-order valence-electron chi connectivity index (χ4n) is 3.45. The molecule has 0 amide bonds. The summed E-state index contributed by atoms with van der Waals surface area (Å²) in [6, 6.07) is 19.8. The molecule has 1 aliphatic heterocycles. The van der Waals surface area contributed by atoms with Crippen LogP contribution in [0, 0.1) is 0 Å². The molecule has 2 heterocycles. The summed E-state index contributed by atoms with van der Waals surface area (Å²) in [4.78, 5) is 7.69. The van der Waals surface area contributed by atoms with Gasteiger partial charge in [-0.2, -0.15) is 0 Å². The zero-order valence-corrected chi connectivity index (χ0v) is 18.0. The van der Waals surface area contributed by atoms with Crippen LogP contribution >= 0.6 is 23.2 Å². The number of benzene rings is 3. The number of aromatic amines is 1. The van der Waals surface area contributed by atoms with Gasteiger partial charge < -0.3 is 14.5 Å². The van der Waals surface area contributed by atoms with Crippen LogP contribution in [0.15, 0.2) is 66.9 Å². The highest BCUT2D eigenvalue weighted by molar-refractivity contribution is 6.36. The van der Waals surface area contributed by atoms with Crippen molar-refractivity contribution in [1.29, 1.82) is 0 Å². The molecule has 0 unspecified atom stereocenters. The molecule has 0 spiro atoms. The van der Waals surface area contributed by atoms with Crippen molar-refractivity contribution < 1.29 is 9.47 Å². The van der Waals surface area contributed by atoms with Gasteiger partial charge in [-0.1, -0.05) is 59.6 Å². The number of nitrogens with one attached hydrogen (secondary N) is 1. The summed E-state index contributed by atoms with van der Waals surface area (Å²) in [6.45, 7) is 1.18. The molecular formula is C25H18Cl2N2O2. The second-order valence-corrected chi connectivity index (χ2v) is 7.96. The number of fused-ring (bicyclic) bond motifs is 1. The third kappa shape index (κ3) is 4.31. The molecule has 0 saturated carbocycles. The maximum atomic E-state index is 6.29. The summed E-state index contributed by atoms with van der Waals surface area (Å²) in [7, 11) is 0. The lowest BCUT2D eigenvalue weighted by Gasteiger charge is -2.18. The summed E-state index contributed by atoms with van der Waals surface area (Å²) in [6.07, 6.45) is 5.71. The summed E-state index contributed by atoms with van der Waals surface area (Å²) in [5.41, 5.74) is 4.99. The summed E-state index contributed by atoms with van der Waals surface area (Å²) in [5, 5.41) is 1.19. The van der Waals surface area contributed by atoms with E-state index in [-0.39, 0.29) is 0 Å². The highest BCUT2D eigenvalue weighted by Crippen LogP contribution is 2.34. The molecule has 3 aromatic carbocycles. The quantitative estimate of drug-likeness (QED) is 0.365. The first-order valence-electron chi connectivity index (χ1n) is 9.84. The van der Waals surface area contributed by atoms with Gasteiger partial charge >= 0.3 is 0 Å². The van der Waals surface area contributed by atoms with Crippen molar-refractivity contribution in [2.75, 3.05) is 13.2 Å². The van der Waals surface area contributed by atoms with Gasteiger partial charge in [0, 0.05) is 10.6 Å². The Bertz CT molecular complexity index is 1260. The normalized spacial score (nSPS) is 13.0. The van der Waals surface area contributed by atoms with Gasteiger partial charge in [0.25, 0.3) is 0 Å². The first-order chi connectivity index (χ1) is 15.2. The van der Waals surface area contributed by atoms with Crippen LogP contribution in [0.5, 0.6) is 11.5 Å². The SMILES string of the molecule is Clc1ccc(-c2cnc(C=Cc3ccc(-c4ccc5c(c4)OCCO5)cc3)[nH]2)c(Cl)c1. The number of nitrogens with zero attached hydrogens (tertiary/aromatic N) is 1. The van der Waals surface area contributed by atoms with E-state index >= 15 is 0 Å². The van der Waals surface area contributed by atoms with E-state index < -0.39 is 0 Å². The minimum absolute atomic E-state index is 0.582. The zero-order chi connectivity index (χ0) is 21.2.